The molecule has 2 unspecified atom stereocenters. The van der Waals surface area contributed by atoms with Gasteiger partial charge in [-0.15, -0.1) is 0 Å². The summed E-state index contributed by atoms with van der Waals surface area (Å²) in [5.41, 5.74) is 0. The van der Waals surface area contributed by atoms with E-state index >= 15 is 0 Å². The molecule has 0 amide bonds. The first-order valence-corrected chi connectivity index (χ1v) is 27.5. The van der Waals surface area contributed by atoms with Crippen molar-refractivity contribution in [2.24, 2.45) is 5.92 Å². The van der Waals surface area contributed by atoms with Gasteiger partial charge in [0.15, 0.2) is 0 Å². The molecule has 0 aromatic rings. The van der Waals surface area contributed by atoms with E-state index in [4.69, 9.17) is 9.47 Å². The molecule has 7 nitrogen and oxygen atoms in total. The second-order valence-electron chi connectivity index (χ2n) is 18.5. The molecule has 7 heteroatoms. The van der Waals surface area contributed by atoms with E-state index in [1.165, 1.54) is 116 Å². The van der Waals surface area contributed by atoms with Crippen LogP contribution in [-0.2, 0) is 19.1 Å². The number of allylic oxidation sites excluding steroid dienone is 8. The molecule has 0 bridgehead atoms. The molecule has 0 aliphatic heterocycles. The number of aliphatic hydroxyl groups is 1. The molecule has 0 saturated heterocycles. The molecule has 0 aromatic carbocycles. The van der Waals surface area contributed by atoms with Crippen LogP contribution in [0.25, 0.3) is 0 Å². The molecule has 0 rings (SSSR count). The average Bonchev–Trinajstić information content (AvgIpc) is 3.29. The Bertz CT molecular complexity index is 1100. The molecular formula is C57H106N2O5. The summed E-state index contributed by atoms with van der Waals surface area (Å²) in [6, 6.07) is 0. The van der Waals surface area contributed by atoms with Crippen LogP contribution < -0.4 is 5.32 Å². The Kier molecular flexibility index (Phi) is 50.0. The molecule has 2 atom stereocenters. The van der Waals surface area contributed by atoms with Gasteiger partial charge in [0, 0.05) is 19.4 Å². The van der Waals surface area contributed by atoms with Crippen LogP contribution in [0.2, 0.25) is 0 Å². The number of unbranched alkanes of at least 4 members (excludes halogenated alkanes) is 19. The summed E-state index contributed by atoms with van der Waals surface area (Å²) in [7, 11) is 0. The number of nitrogens with zero attached hydrogens (tertiary/aromatic N) is 1. The summed E-state index contributed by atoms with van der Waals surface area (Å²) in [6.07, 6.45) is 54.3. The Morgan fingerprint density at radius 1 is 0.469 bits per heavy atom. The fourth-order valence-corrected chi connectivity index (χ4v) is 7.92. The first-order valence-electron chi connectivity index (χ1n) is 27.5. The van der Waals surface area contributed by atoms with Crippen LogP contribution in [0.4, 0.5) is 0 Å². The van der Waals surface area contributed by atoms with Gasteiger partial charge in [-0.3, -0.25) is 9.59 Å². The van der Waals surface area contributed by atoms with E-state index in [1.54, 1.807) is 0 Å². The van der Waals surface area contributed by atoms with Gasteiger partial charge in [-0.2, -0.15) is 0 Å². The fraction of sp³-hybridized carbons (Fsp3) is 0.825. The van der Waals surface area contributed by atoms with Crippen LogP contribution >= 0.6 is 0 Å². The number of carbonyl (C=O) groups excluding carboxylic acids is 2. The summed E-state index contributed by atoms with van der Waals surface area (Å²) in [6.45, 7) is 15.2. The Morgan fingerprint density at radius 3 is 1.38 bits per heavy atom. The molecule has 0 aromatic heterocycles. The highest BCUT2D eigenvalue weighted by Crippen LogP contribution is 2.19. The van der Waals surface area contributed by atoms with Gasteiger partial charge in [0.05, 0.1) is 19.3 Å². The standard InChI is InChI=1S/C57H106N2O5/c1-5-9-13-15-17-19-21-23-25-27-29-31-33-37-45-56(61)63-51-40-35-36-44-55(60)54(53-58-47-42-50-59(48-11-7-3)49-12-8-4)43-39-41-52-64-57(62)46-38-34-32-30-28-26-24-22-20-18-16-14-10-6-2/h15-18,21-24,54-55,58,60H,5-14,19-20,25-53H2,1-4H3/b17-15-,18-16-,23-21-,24-22-. The Labute approximate surface area is 397 Å². The van der Waals surface area contributed by atoms with Gasteiger partial charge in [-0.05, 0) is 154 Å². The van der Waals surface area contributed by atoms with Crippen molar-refractivity contribution in [1.82, 2.24) is 10.2 Å². The van der Waals surface area contributed by atoms with Gasteiger partial charge >= 0.3 is 11.9 Å². The topological polar surface area (TPSA) is 88.1 Å². The first kappa shape index (κ1) is 61.8. The molecule has 0 saturated carbocycles. The lowest BCUT2D eigenvalue weighted by molar-refractivity contribution is -0.144. The smallest absolute Gasteiger partial charge is 0.305 e. The Hall–Kier alpha value is -2.22. The molecule has 64 heavy (non-hydrogen) atoms. The zero-order valence-corrected chi connectivity index (χ0v) is 42.8. The highest BCUT2D eigenvalue weighted by Gasteiger charge is 2.19. The van der Waals surface area contributed by atoms with Crippen molar-refractivity contribution in [2.75, 3.05) is 45.9 Å². The molecule has 0 fully saturated rings. The van der Waals surface area contributed by atoms with E-state index in [0.717, 1.165) is 122 Å². The van der Waals surface area contributed by atoms with Crippen LogP contribution in [0.3, 0.4) is 0 Å². The molecule has 2 N–H and O–H groups in total. The number of rotatable bonds is 50. The molecule has 0 aliphatic rings. The number of hydrogen-bond acceptors (Lipinski definition) is 7. The van der Waals surface area contributed by atoms with Crippen molar-refractivity contribution < 1.29 is 24.2 Å². The van der Waals surface area contributed by atoms with Gasteiger partial charge < -0.3 is 24.8 Å². The molecular weight excluding hydrogens is 793 g/mol. The number of aliphatic hydroxyl groups excluding tert-OH is 1. The monoisotopic (exact) mass is 899 g/mol. The lowest BCUT2D eigenvalue weighted by Crippen LogP contribution is -2.34. The van der Waals surface area contributed by atoms with Crippen LogP contribution in [0.5, 0.6) is 0 Å². The molecule has 0 heterocycles. The first-order chi connectivity index (χ1) is 31.5. The largest absolute Gasteiger partial charge is 0.466 e. The minimum absolute atomic E-state index is 0.0721. The van der Waals surface area contributed by atoms with E-state index in [0.29, 0.717) is 26.1 Å². The normalized spacial score (nSPS) is 13.1. The van der Waals surface area contributed by atoms with Gasteiger partial charge in [0.1, 0.15) is 0 Å². The second-order valence-corrected chi connectivity index (χ2v) is 18.5. The number of esters is 2. The van der Waals surface area contributed by atoms with Crippen molar-refractivity contribution in [3.63, 3.8) is 0 Å². The summed E-state index contributed by atoms with van der Waals surface area (Å²) in [5, 5.41) is 15.0. The van der Waals surface area contributed by atoms with Gasteiger partial charge in [-0.25, -0.2) is 0 Å². The lowest BCUT2D eigenvalue weighted by Gasteiger charge is -2.25. The van der Waals surface area contributed by atoms with E-state index in [-0.39, 0.29) is 24.0 Å². The SMILES string of the molecule is CCCC/C=C\C/C=C\CCCCCCCC(=O)OCCCCCC(O)C(CCCCOC(=O)CCCCCCC/C=C\C/C=C\CCCC)CNCCCN(CCCC)CCCC. The predicted molar refractivity (Wildman–Crippen MR) is 277 cm³/mol. The van der Waals surface area contributed by atoms with E-state index in [2.05, 4.69) is 86.5 Å². The van der Waals surface area contributed by atoms with E-state index < -0.39 is 0 Å². The number of nitrogens with one attached hydrogen (secondary N) is 1. The van der Waals surface area contributed by atoms with Crippen molar-refractivity contribution in [3.05, 3.63) is 48.6 Å². The Balaban J connectivity index is 4.36. The minimum Gasteiger partial charge on any atom is -0.466 e. The highest BCUT2D eigenvalue weighted by atomic mass is 16.5. The summed E-state index contributed by atoms with van der Waals surface area (Å²) < 4.78 is 11.1. The zero-order valence-electron chi connectivity index (χ0n) is 42.8. The molecule has 0 radical (unpaired) electrons. The number of hydrogen-bond donors (Lipinski definition) is 2. The maximum absolute atomic E-state index is 12.4. The lowest BCUT2D eigenvalue weighted by atomic mass is 9.92. The quantitative estimate of drug-likeness (QED) is 0.0357. The van der Waals surface area contributed by atoms with Crippen molar-refractivity contribution >= 4 is 11.9 Å². The Morgan fingerprint density at radius 2 is 0.875 bits per heavy atom. The van der Waals surface area contributed by atoms with Crippen molar-refractivity contribution in [3.8, 4) is 0 Å². The zero-order chi connectivity index (χ0) is 46.7. The third-order valence-corrected chi connectivity index (χ3v) is 12.2. The minimum atomic E-state index is -0.370. The van der Waals surface area contributed by atoms with Gasteiger partial charge in [0.25, 0.3) is 0 Å². The predicted octanol–water partition coefficient (Wildman–Crippen LogP) is 15.5. The summed E-state index contributed by atoms with van der Waals surface area (Å²) in [5.74, 6) is 0.0284. The highest BCUT2D eigenvalue weighted by molar-refractivity contribution is 5.69. The number of ether oxygens (including phenoxy) is 2. The fourth-order valence-electron chi connectivity index (χ4n) is 7.92. The van der Waals surface area contributed by atoms with Crippen LogP contribution in [0.15, 0.2) is 48.6 Å². The maximum atomic E-state index is 12.4. The molecule has 0 aliphatic carbocycles. The maximum Gasteiger partial charge on any atom is 0.305 e. The third kappa shape index (κ3) is 46.3. The summed E-state index contributed by atoms with van der Waals surface area (Å²) in [4.78, 5) is 27.3. The van der Waals surface area contributed by atoms with Gasteiger partial charge in [0.2, 0.25) is 0 Å². The van der Waals surface area contributed by atoms with Crippen LogP contribution in [0.1, 0.15) is 246 Å². The van der Waals surface area contributed by atoms with Crippen LogP contribution in [-0.4, -0.2) is 74.0 Å². The second kappa shape index (κ2) is 51.8. The average molecular weight is 899 g/mol. The number of carbonyl (C=O) groups is 2. The van der Waals surface area contributed by atoms with Crippen LogP contribution in [0, 0.1) is 5.92 Å². The van der Waals surface area contributed by atoms with Crippen molar-refractivity contribution in [2.45, 2.75) is 252 Å². The van der Waals surface area contributed by atoms with E-state index in [9.17, 15) is 14.7 Å². The molecule has 374 valence electrons. The summed E-state index contributed by atoms with van der Waals surface area (Å²) >= 11 is 0. The molecule has 0 spiro atoms. The van der Waals surface area contributed by atoms with E-state index in [1.807, 2.05) is 0 Å². The van der Waals surface area contributed by atoms with Crippen molar-refractivity contribution in [1.29, 1.82) is 0 Å². The van der Waals surface area contributed by atoms with Gasteiger partial charge in [-0.1, -0.05) is 160 Å². The third-order valence-electron chi connectivity index (χ3n) is 12.2.